The van der Waals surface area contributed by atoms with Gasteiger partial charge in [-0.2, -0.15) is 0 Å². The molecule has 0 bridgehead atoms. The van der Waals surface area contributed by atoms with E-state index in [0.29, 0.717) is 23.9 Å². The number of hydrogen-bond acceptors (Lipinski definition) is 5. The molecule has 1 unspecified atom stereocenters. The van der Waals surface area contributed by atoms with Gasteiger partial charge >= 0.3 is 12.0 Å². The molecule has 8 nitrogen and oxygen atoms in total. The number of benzene rings is 1. The van der Waals surface area contributed by atoms with Crippen molar-refractivity contribution in [1.29, 1.82) is 0 Å². The van der Waals surface area contributed by atoms with Crippen molar-refractivity contribution in [1.82, 2.24) is 14.8 Å². The number of rotatable bonds is 2. The summed E-state index contributed by atoms with van der Waals surface area (Å²) in [6, 6.07) is 4.89. The first-order valence-electron chi connectivity index (χ1n) is 8.21. The van der Waals surface area contributed by atoms with Gasteiger partial charge in [-0.15, -0.1) is 10.1 Å². The van der Waals surface area contributed by atoms with Gasteiger partial charge in [0.05, 0.1) is 19.3 Å². The Morgan fingerprint density at radius 1 is 1.27 bits per heavy atom. The molecule has 3 aliphatic rings. The van der Waals surface area contributed by atoms with E-state index < -0.39 is 23.8 Å². The molecule has 1 saturated heterocycles. The van der Waals surface area contributed by atoms with Gasteiger partial charge in [0.25, 0.3) is 5.91 Å². The molecule has 3 amide bonds. The molecule has 0 saturated carbocycles. The minimum Gasteiger partial charge on any atom is -0.270 e. The number of guanidine groups is 1. The Bertz CT molecular complexity index is 922. The maximum atomic E-state index is 14.0. The zero-order valence-corrected chi connectivity index (χ0v) is 14.7. The van der Waals surface area contributed by atoms with Crippen LogP contribution in [-0.4, -0.2) is 75.5 Å². The number of imide groups is 1. The molecule has 1 aromatic carbocycles. The van der Waals surface area contributed by atoms with Gasteiger partial charge in [0.15, 0.2) is 0 Å². The zero-order valence-electron chi connectivity index (χ0n) is 14.7. The third-order valence-corrected chi connectivity index (χ3v) is 4.68. The summed E-state index contributed by atoms with van der Waals surface area (Å²) in [5.41, 5.74) is 1.12. The molecule has 0 aromatic heterocycles. The van der Waals surface area contributed by atoms with Crippen LogP contribution in [0.15, 0.2) is 34.4 Å². The van der Waals surface area contributed by atoms with Gasteiger partial charge < -0.3 is 0 Å². The second-order valence-electron chi connectivity index (χ2n) is 6.52. The molecular weight excluding hydrogens is 339 g/mol. The van der Waals surface area contributed by atoms with Crippen LogP contribution in [0, 0.1) is 5.82 Å². The summed E-state index contributed by atoms with van der Waals surface area (Å²) >= 11 is 0. The van der Waals surface area contributed by atoms with Crippen molar-refractivity contribution >= 4 is 29.4 Å². The summed E-state index contributed by atoms with van der Waals surface area (Å²) in [5.74, 6) is 0.0376. The van der Waals surface area contributed by atoms with Crippen molar-refractivity contribution in [2.75, 3.05) is 20.6 Å². The molecule has 1 atom stereocenters. The highest BCUT2D eigenvalue weighted by Gasteiger charge is 2.54. The highest BCUT2D eigenvalue weighted by Crippen LogP contribution is 2.24. The molecule has 26 heavy (non-hydrogen) atoms. The second-order valence-corrected chi connectivity index (χ2v) is 6.52. The largest absolute Gasteiger partial charge is 0.416 e. The van der Waals surface area contributed by atoms with E-state index in [4.69, 9.17) is 0 Å². The Balaban J connectivity index is 1.71. The summed E-state index contributed by atoms with van der Waals surface area (Å²) in [4.78, 5) is 32.7. The molecule has 3 heterocycles. The molecule has 0 spiro atoms. The molecule has 1 fully saturated rings. The average molecular weight is 357 g/mol. The van der Waals surface area contributed by atoms with Crippen molar-refractivity contribution < 1.29 is 18.6 Å². The highest BCUT2D eigenvalue weighted by molar-refractivity contribution is 6.23. The number of carbonyl (C=O) groups excluding carboxylic acids is 2. The van der Waals surface area contributed by atoms with Crippen LogP contribution in [0.3, 0.4) is 0 Å². The van der Waals surface area contributed by atoms with Crippen molar-refractivity contribution in [3.8, 4) is 0 Å². The summed E-state index contributed by atoms with van der Waals surface area (Å²) in [7, 11) is 3.32. The van der Waals surface area contributed by atoms with Crippen LogP contribution in [0.4, 0.5) is 9.18 Å². The van der Waals surface area contributed by atoms with Crippen LogP contribution in [0.25, 0.3) is 0 Å². The van der Waals surface area contributed by atoms with Crippen LogP contribution in [0.2, 0.25) is 0 Å². The van der Waals surface area contributed by atoms with Crippen molar-refractivity contribution in [3.05, 3.63) is 35.6 Å². The SMILES string of the molecule is CC1=NN(C)C2=[N+](C1)C1C(=O)N(Cc3ccccc3F)C(=O)N(C)C1=N2. The molecular formula is C17H18FN6O2+. The predicted molar refractivity (Wildman–Crippen MR) is 92.3 cm³/mol. The third-order valence-electron chi connectivity index (χ3n) is 4.68. The normalized spacial score (nSPS) is 22.5. The van der Waals surface area contributed by atoms with Crippen molar-refractivity contribution in [2.45, 2.75) is 19.5 Å². The fourth-order valence-electron chi connectivity index (χ4n) is 3.45. The fourth-order valence-corrected chi connectivity index (χ4v) is 3.45. The smallest absolute Gasteiger partial charge is 0.270 e. The molecule has 9 heteroatoms. The lowest BCUT2D eigenvalue weighted by Gasteiger charge is -2.34. The number of urea groups is 1. The lowest BCUT2D eigenvalue weighted by molar-refractivity contribution is -0.527. The van der Waals surface area contributed by atoms with Gasteiger partial charge in [-0.05, 0) is 13.0 Å². The zero-order chi connectivity index (χ0) is 18.6. The molecule has 4 rings (SSSR count). The monoisotopic (exact) mass is 357 g/mol. The lowest BCUT2D eigenvalue weighted by Crippen LogP contribution is -2.63. The fraction of sp³-hybridized carbons (Fsp3) is 0.353. The highest BCUT2D eigenvalue weighted by atomic mass is 19.1. The van der Waals surface area contributed by atoms with Crippen LogP contribution in [0.5, 0.6) is 0 Å². The topological polar surface area (TPSA) is 71.6 Å². The number of halogens is 1. The van der Waals surface area contributed by atoms with Crippen LogP contribution in [-0.2, 0) is 11.3 Å². The van der Waals surface area contributed by atoms with Gasteiger partial charge in [0, 0.05) is 12.6 Å². The number of nitrogens with zero attached hydrogens (tertiary/aromatic N) is 6. The third kappa shape index (κ3) is 2.31. The Kier molecular flexibility index (Phi) is 3.60. The summed E-state index contributed by atoms with van der Waals surface area (Å²) < 4.78 is 15.8. The predicted octanol–water partition coefficient (Wildman–Crippen LogP) is 0.690. The molecule has 0 aliphatic carbocycles. The first-order valence-corrected chi connectivity index (χ1v) is 8.21. The van der Waals surface area contributed by atoms with Crippen LogP contribution < -0.4 is 0 Å². The molecule has 1 aromatic rings. The van der Waals surface area contributed by atoms with Gasteiger partial charge in [-0.3, -0.25) is 14.6 Å². The van der Waals surface area contributed by atoms with E-state index in [9.17, 15) is 14.0 Å². The average Bonchev–Trinajstić information content (AvgIpc) is 2.98. The van der Waals surface area contributed by atoms with E-state index in [1.807, 2.05) is 11.5 Å². The number of carbonyl (C=O) groups is 2. The maximum absolute atomic E-state index is 14.0. The van der Waals surface area contributed by atoms with E-state index in [-0.39, 0.29) is 6.54 Å². The van der Waals surface area contributed by atoms with Gasteiger partial charge in [-0.1, -0.05) is 23.2 Å². The number of fused-ring (bicyclic) bond motifs is 2. The maximum Gasteiger partial charge on any atom is 0.416 e. The van der Waals surface area contributed by atoms with Gasteiger partial charge in [0.2, 0.25) is 11.9 Å². The molecule has 134 valence electrons. The minimum absolute atomic E-state index is 0.120. The minimum atomic E-state index is -0.715. The van der Waals surface area contributed by atoms with Crippen LogP contribution in [0.1, 0.15) is 12.5 Å². The van der Waals surface area contributed by atoms with E-state index >= 15 is 0 Å². The summed E-state index contributed by atoms with van der Waals surface area (Å²) in [6.07, 6.45) is 0. The van der Waals surface area contributed by atoms with Crippen molar-refractivity contribution in [3.63, 3.8) is 0 Å². The number of hydrogen-bond donors (Lipinski definition) is 0. The van der Waals surface area contributed by atoms with Crippen LogP contribution >= 0.6 is 0 Å². The second kappa shape index (κ2) is 5.72. The van der Waals surface area contributed by atoms with Gasteiger partial charge in [0.1, 0.15) is 12.4 Å². The first kappa shape index (κ1) is 16.4. The Morgan fingerprint density at radius 2 is 2.00 bits per heavy atom. The van der Waals surface area contributed by atoms with E-state index in [1.165, 1.54) is 11.0 Å². The number of hydrazone groups is 1. The molecule has 0 N–H and O–H groups in total. The number of aliphatic imine (C=N–C) groups is 1. The number of amidine groups is 1. The molecule has 3 aliphatic heterocycles. The Hall–Kier alpha value is -3.10. The first-order chi connectivity index (χ1) is 12.4. The van der Waals surface area contributed by atoms with Crippen molar-refractivity contribution in [2.24, 2.45) is 10.1 Å². The Morgan fingerprint density at radius 3 is 2.73 bits per heavy atom. The van der Waals surface area contributed by atoms with E-state index in [2.05, 4.69) is 10.1 Å². The van der Waals surface area contributed by atoms with E-state index in [1.54, 1.807) is 37.3 Å². The summed E-state index contributed by atoms with van der Waals surface area (Å²) in [5, 5.41) is 5.93. The number of likely N-dealkylation sites (N-methyl/N-ethyl adjacent to an activating group) is 1. The summed E-state index contributed by atoms with van der Waals surface area (Å²) in [6.45, 7) is 2.19. The van der Waals surface area contributed by atoms with E-state index in [0.717, 1.165) is 10.6 Å². The quantitative estimate of drug-likeness (QED) is 0.731. The van der Waals surface area contributed by atoms with Gasteiger partial charge in [-0.25, -0.2) is 13.8 Å². The molecule has 0 radical (unpaired) electrons. The Labute approximate surface area is 149 Å². The standard InChI is InChI=1S/C17H18FN6O2/c1-10-8-23-13-14(19-16(23)22(3)20-10)21(2)17(26)24(15(13)25)9-11-6-4-5-7-12(11)18/h4-7,13H,8-9H2,1-3H3/q+1. The number of amides is 3. The lowest BCUT2D eigenvalue weighted by atomic mass is 10.1.